The molecule has 8 heteroatoms. The maximum absolute atomic E-state index is 12.3. The number of methoxy groups -OCH3 is 1. The minimum absolute atomic E-state index is 0.0493. The third kappa shape index (κ3) is 14.4. The van der Waals surface area contributed by atoms with Crippen LogP contribution in [0.5, 0.6) is 0 Å². The van der Waals surface area contributed by atoms with Gasteiger partial charge in [0.1, 0.15) is 11.6 Å². The van der Waals surface area contributed by atoms with Crippen LogP contribution >= 0.6 is 11.8 Å². The van der Waals surface area contributed by atoms with Crippen LogP contribution in [-0.2, 0) is 19.1 Å². The lowest BCUT2D eigenvalue weighted by Gasteiger charge is -2.23. The Hall–Kier alpha value is -1.28. The van der Waals surface area contributed by atoms with Crippen LogP contribution in [0.1, 0.15) is 60.3 Å². The molecule has 0 saturated heterocycles. The first kappa shape index (κ1) is 25.7. The van der Waals surface area contributed by atoms with Crippen molar-refractivity contribution in [3.8, 4) is 0 Å². The molecule has 0 rings (SSSR count). The summed E-state index contributed by atoms with van der Waals surface area (Å²) >= 11 is 1.36. The Morgan fingerprint density at radius 1 is 1.07 bits per heavy atom. The highest BCUT2D eigenvalue weighted by molar-refractivity contribution is 8.13. The van der Waals surface area contributed by atoms with Crippen LogP contribution in [0.15, 0.2) is 0 Å². The number of hydrogen-bond acceptors (Lipinski definition) is 6. The third-order valence-electron chi connectivity index (χ3n) is 3.47. The van der Waals surface area contributed by atoms with Gasteiger partial charge in [-0.15, -0.1) is 0 Å². The standard InChI is InChI=1S/C19H36N2O5S/c1-14(2)17(23)27-13-9-7-8-10-15(16(22)20-11-12-25-6)21-18(24)26-19(3,4)5/h14-15H,7-13H2,1-6H3,(H,20,22)(H,21,24)/t15-/m0/s1. The van der Waals surface area contributed by atoms with Crippen molar-refractivity contribution >= 4 is 28.9 Å². The third-order valence-corrected chi connectivity index (χ3v) is 4.71. The molecule has 0 aliphatic rings. The normalized spacial score (nSPS) is 12.6. The molecule has 0 fully saturated rings. The van der Waals surface area contributed by atoms with E-state index in [0.29, 0.717) is 19.6 Å². The van der Waals surface area contributed by atoms with Crippen molar-refractivity contribution in [2.75, 3.05) is 26.0 Å². The van der Waals surface area contributed by atoms with Crippen LogP contribution in [0.2, 0.25) is 0 Å². The lowest BCUT2D eigenvalue weighted by Crippen LogP contribution is -2.48. The van der Waals surface area contributed by atoms with Crippen molar-refractivity contribution in [2.45, 2.75) is 71.9 Å². The van der Waals surface area contributed by atoms with Gasteiger partial charge in [-0.2, -0.15) is 0 Å². The first-order valence-corrected chi connectivity index (χ1v) is 10.5. The molecule has 7 nitrogen and oxygen atoms in total. The van der Waals surface area contributed by atoms with Gasteiger partial charge in [-0.05, 0) is 33.6 Å². The number of rotatable bonds is 12. The fraction of sp³-hybridized carbons (Fsp3) is 0.842. The van der Waals surface area contributed by atoms with Gasteiger partial charge in [0.2, 0.25) is 5.91 Å². The number of hydrogen-bond donors (Lipinski definition) is 2. The van der Waals surface area contributed by atoms with E-state index in [-0.39, 0.29) is 16.9 Å². The quantitative estimate of drug-likeness (QED) is 0.486. The molecule has 2 amide bonds. The Labute approximate surface area is 167 Å². The average molecular weight is 405 g/mol. The molecule has 0 aromatic rings. The van der Waals surface area contributed by atoms with E-state index in [4.69, 9.17) is 9.47 Å². The number of thioether (sulfide) groups is 1. The van der Waals surface area contributed by atoms with Crippen molar-refractivity contribution in [1.82, 2.24) is 10.6 Å². The summed E-state index contributed by atoms with van der Waals surface area (Å²) in [6.07, 6.45) is 2.46. The molecule has 0 aliphatic heterocycles. The van der Waals surface area contributed by atoms with Crippen molar-refractivity contribution in [1.29, 1.82) is 0 Å². The Bertz CT molecular complexity index is 464. The van der Waals surface area contributed by atoms with Gasteiger partial charge in [-0.1, -0.05) is 38.5 Å². The Morgan fingerprint density at radius 2 is 1.74 bits per heavy atom. The molecule has 0 aliphatic carbocycles. The predicted molar refractivity (Wildman–Crippen MR) is 109 cm³/mol. The summed E-state index contributed by atoms with van der Waals surface area (Å²) in [5, 5.41) is 5.60. The number of unbranched alkanes of at least 4 members (excludes halogenated alkanes) is 2. The summed E-state index contributed by atoms with van der Waals surface area (Å²) in [5.41, 5.74) is -0.624. The number of carbonyl (C=O) groups excluding carboxylic acids is 3. The van der Waals surface area contributed by atoms with E-state index in [0.717, 1.165) is 25.0 Å². The predicted octanol–water partition coefficient (Wildman–Crippen LogP) is 3.12. The molecular weight excluding hydrogens is 368 g/mol. The van der Waals surface area contributed by atoms with E-state index < -0.39 is 17.7 Å². The van der Waals surface area contributed by atoms with Gasteiger partial charge in [0.15, 0.2) is 5.12 Å². The van der Waals surface area contributed by atoms with Crippen LogP contribution in [-0.4, -0.2) is 54.8 Å². The molecule has 0 spiro atoms. The second-order valence-corrected chi connectivity index (χ2v) is 8.75. The smallest absolute Gasteiger partial charge is 0.408 e. The maximum atomic E-state index is 12.3. The Morgan fingerprint density at radius 3 is 2.30 bits per heavy atom. The molecular formula is C19H36N2O5S. The van der Waals surface area contributed by atoms with Crippen molar-refractivity contribution in [3.05, 3.63) is 0 Å². The van der Waals surface area contributed by atoms with Crippen LogP contribution < -0.4 is 10.6 Å². The largest absolute Gasteiger partial charge is 0.444 e. The zero-order valence-corrected chi connectivity index (χ0v) is 18.4. The fourth-order valence-corrected chi connectivity index (χ4v) is 2.97. The van der Waals surface area contributed by atoms with Gasteiger partial charge in [-0.25, -0.2) is 4.79 Å². The lowest BCUT2D eigenvalue weighted by molar-refractivity contribution is -0.123. The summed E-state index contributed by atoms with van der Waals surface area (Å²) in [6.45, 7) is 9.90. The zero-order valence-electron chi connectivity index (χ0n) is 17.6. The average Bonchev–Trinajstić information content (AvgIpc) is 2.54. The van der Waals surface area contributed by atoms with Crippen LogP contribution in [0, 0.1) is 5.92 Å². The van der Waals surface area contributed by atoms with Gasteiger partial charge in [0.05, 0.1) is 6.61 Å². The highest BCUT2D eigenvalue weighted by Crippen LogP contribution is 2.14. The van der Waals surface area contributed by atoms with E-state index in [1.807, 2.05) is 13.8 Å². The van der Waals surface area contributed by atoms with E-state index in [1.165, 1.54) is 11.8 Å². The molecule has 0 saturated carbocycles. The SMILES string of the molecule is COCCNC(=O)[C@H](CCCCCSC(=O)C(C)C)NC(=O)OC(C)(C)C. The molecule has 0 bridgehead atoms. The second-order valence-electron chi connectivity index (χ2n) is 7.65. The molecule has 2 N–H and O–H groups in total. The monoisotopic (exact) mass is 404 g/mol. The van der Waals surface area contributed by atoms with Gasteiger partial charge in [0, 0.05) is 25.3 Å². The zero-order chi connectivity index (χ0) is 20.9. The summed E-state index contributed by atoms with van der Waals surface area (Å²) in [7, 11) is 1.56. The second kappa shape index (κ2) is 13.8. The van der Waals surface area contributed by atoms with Gasteiger partial charge < -0.3 is 20.1 Å². The molecule has 0 aromatic heterocycles. The molecule has 27 heavy (non-hydrogen) atoms. The van der Waals surface area contributed by atoms with Crippen molar-refractivity contribution in [2.24, 2.45) is 5.92 Å². The van der Waals surface area contributed by atoms with Crippen molar-refractivity contribution in [3.63, 3.8) is 0 Å². The maximum Gasteiger partial charge on any atom is 0.408 e. The lowest BCUT2D eigenvalue weighted by atomic mass is 10.1. The van der Waals surface area contributed by atoms with Crippen LogP contribution in [0.4, 0.5) is 4.79 Å². The molecule has 0 aromatic carbocycles. The highest BCUT2D eigenvalue weighted by atomic mass is 32.2. The Kier molecular flexibility index (Phi) is 13.2. The van der Waals surface area contributed by atoms with E-state index in [1.54, 1.807) is 27.9 Å². The topological polar surface area (TPSA) is 93.7 Å². The van der Waals surface area contributed by atoms with E-state index in [9.17, 15) is 14.4 Å². The highest BCUT2D eigenvalue weighted by Gasteiger charge is 2.23. The minimum atomic E-state index is -0.651. The van der Waals surface area contributed by atoms with Crippen LogP contribution in [0.3, 0.4) is 0 Å². The molecule has 1 atom stereocenters. The van der Waals surface area contributed by atoms with E-state index in [2.05, 4.69) is 10.6 Å². The summed E-state index contributed by atoms with van der Waals surface area (Å²) < 4.78 is 10.2. The molecule has 158 valence electrons. The first-order chi connectivity index (χ1) is 12.6. The summed E-state index contributed by atoms with van der Waals surface area (Å²) in [4.78, 5) is 35.9. The van der Waals surface area contributed by atoms with Crippen molar-refractivity contribution < 1.29 is 23.9 Å². The summed E-state index contributed by atoms with van der Waals surface area (Å²) in [5.74, 6) is 0.580. The number of carbonyl (C=O) groups is 3. The molecule has 0 unspecified atom stereocenters. The van der Waals surface area contributed by atoms with Gasteiger partial charge in [0.25, 0.3) is 0 Å². The number of ether oxygens (including phenoxy) is 2. The number of nitrogens with one attached hydrogen (secondary N) is 2. The number of amides is 2. The van der Waals surface area contributed by atoms with E-state index >= 15 is 0 Å². The fourth-order valence-electron chi connectivity index (χ4n) is 2.08. The molecule has 0 heterocycles. The Balaban J connectivity index is 4.38. The first-order valence-electron chi connectivity index (χ1n) is 9.49. The molecule has 0 radical (unpaired) electrons. The van der Waals surface area contributed by atoms with Gasteiger partial charge in [-0.3, -0.25) is 9.59 Å². The van der Waals surface area contributed by atoms with Gasteiger partial charge >= 0.3 is 6.09 Å². The minimum Gasteiger partial charge on any atom is -0.444 e. The summed E-state index contributed by atoms with van der Waals surface area (Å²) in [6, 6.07) is -0.651. The number of alkyl carbamates (subject to hydrolysis) is 1. The van der Waals surface area contributed by atoms with Crippen LogP contribution in [0.25, 0.3) is 0 Å².